The molecule has 1 aliphatic heterocycles. The number of nitrogens with one attached hydrogen (secondary N) is 1. The number of hydrogen-bond acceptors (Lipinski definition) is 4. The molecule has 1 fully saturated rings. The van der Waals surface area contributed by atoms with Crippen molar-refractivity contribution in [3.05, 3.63) is 17.5 Å². The number of piperidine rings is 1. The Morgan fingerprint density at radius 3 is 2.68 bits per heavy atom. The van der Waals surface area contributed by atoms with Gasteiger partial charge in [0.25, 0.3) is 0 Å². The van der Waals surface area contributed by atoms with Gasteiger partial charge in [0.2, 0.25) is 15.9 Å². The lowest BCUT2D eigenvalue weighted by molar-refractivity contribution is -0.136. The second-order valence-corrected chi connectivity index (χ2v) is 8.73. The second kappa shape index (κ2) is 7.57. The highest BCUT2D eigenvalue weighted by molar-refractivity contribution is 7.91. The van der Waals surface area contributed by atoms with Crippen LogP contribution in [0.1, 0.15) is 39.5 Å². The van der Waals surface area contributed by atoms with Crippen LogP contribution in [0.3, 0.4) is 0 Å². The summed E-state index contributed by atoms with van der Waals surface area (Å²) in [4.78, 5) is 14.1. The number of carbonyl (C=O) groups is 1. The molecule has 0 saturated carbocycles. The van der Waals surface area contributed by atoms with Gasteiger partial charge in [-0.3, -0.25) is 4.79 Å². The largest absolute Gasteiger partial charge is 0.342 e. The highest BCUT2D eigenvalue weighted by Gasteiger charge is 2.28. The SMILES string of the molecule is CCCC(C)C(=O)N1CCC(NS(=O)(=O)c2cccs2)CC1. The third kappa shape index (κ3) is 4.30. The van der Waals surface area contributed by atoms with Crippen LogP contribution < -0.4 is 4.72 Å². The smallest absolute Gasteiger partial charge is 0.250 e. The van der Waals surface area contributed by atoms with Gasteiger partial charge >= 0.3 is 0 Å². The molecule has 0 aliphatic carbocycles. The molecule has 2 heterocycles. The molecule has 22 heavy (non-hydrogen) atoms. The van der Waals surface area contributed by atoms with E-state index in [2.05, 4.69) is 11.6 Å². The van der Waals surface area contributed by atoms with Gasteiger partial charge in [0.05, 0.1) is 0 Å². The van der Waals surface area contributed by atoms with E-state index in [-0.39, 0.29) is 17.9 Å². The quantitative estimate of drug-likeness (QED) is 0.862. The van der Waals surface area contributed by atoms with Crippen molar-refractivity contribution in [2.75, 3.05) is 13.1 Å². The van der Waals surface area contributed by atoms with Gasteiger partial charge in [0.1, 0.15) is 4.21 Å². The number of thiophene rings is 1. The van der Waals surface area contributed by atoms with Gasteiger partial charge < -0.3 is 4.90 Å². The summed E-state index contributed by atoms with van der Waals surface area (Å²) in [5, 5.41) is 1.75. The van der Waals surface area contributed by atoms with Crippen molar-refractivity contribution in [3.63, 3.8) is 0 Å². The summed E-state index contributed by atoms with van der Waals surface area (Å²) < 4.78 is 27.5. The molecule has 124 valence electrons. The average molecular weight is 345 g/mol. The summed E-state index contributed by atoms with van der Waals surface area (Å²) in [5.74, 6) is 0.255. The maximum atomic E-state index is 12.3. The van der Waals surface area contributed by atoms with E-state index in [4.69, 9.17) is 0 Å². The van der Waals surface area contributed by atoms with E-state index in [0.717, 1.165) is 12.8 Å². The zero-order chi connectivity index (χ0) is 16.2. The van der Waals surface area contributed by atoms with Crippen molar-refractivity contribution >= 4 is 27.3 Å². The van der Waals surface area contributed by atoms with E-state index in [1.165, 1.54) is 11.3 Å². The number of likely N-dealkylation sites (tertiary alicyclic amines) is 1. The van der Waals surface area contributed by atoms with E-state index < -0.39 is 10.0 Å². The first-order valence-corrected chi connectivity index (χ1v) is 10.1. The molecule has 1 amide bonds. The van der Waals surface area contributed by atoms with Crippen LogP contribution in [0.15, 0.2) is 21.7 Å². The molecule has 1 saturated heterocycles. The molecular weight excluding hydrogens is 320 g/mol. The first kappa shape index (κ1) is 17.4. The lowest BCUT2D eigenvalue weighted by Gasteiger charge is -2.33. The molecule has 1 atom stereocenters. The minimum absolute atomic E-state index is 0.0596. The molecule has 1 aromatic rings. The zero-order valence-electron chi connectivity index (χ0n) is 13.1. The normalized spacial score (nSPS) is 18.4. The number of hydrogen-bond donors (Lipinski definition) is 1. The van der Waals surface area contributed by atoms with Crippen molar-refractivity contribution in [2.45, 2.75) is 49.8 Å². The summed E-state index contributed by atoms with van der Waals surface area (Å²) in [5.41, 5.74) is 0. The van der Waals surface area contributed by atoms with E-state index in [9.17, 15) is 13.2 Å². The summed E-state index contributed by atoms with van der Waals surface area (Å²) in [6.07, 6.45) is 3.26. The minimum atomic E-state index is -3.41. The van der Waals surface area contributed by atoms with Crippen molar-refractivity contribution in [1.82, 2.24) is 9.62 Å². The van der Waals surface area contributed by atoms with E-state index in [1.54, 1.807) is 17.5 Å². The number of amides is 1. The van der Waals surface area contributed by atoms with E-state index in [1.807, 2.05) is 11.8 Å². The van der Waals surface area contributed by atoms with Crippen molar-refractivity contribution in [2.24, 2.45) is 5.92 Å². The Kier molecular flexibility index (Phi) is 6.00. The molecule has 1 N–H and O–H groups in total. The lowest BCUT2D eigenvalue weighted by Crippen LogP contribution is -2.47. The number of rotatable bonds is 6. The first-order chi connectivity index (χ1) is 10.4. The molecule has 0 aromatic carbocycles. The third-order valence-electron chi connectivity index (χ3n) is 4.03. The van der Waals surface area contributed by atoms with Crippen LogP contribution in [0.4, 0.5) is 0 Å². The molecular formula is C15H24N2O3S2. The van der Waals surface area contributed by atoms with Gasteiger partial charge in [-0.25, -0.2) is 13.1 Å². The van der Waals surface area contributed by atoms with Crippen LogP contribution in [0, 0.1) is 5.92 Å². The number of carbonyl (C=O) groups excluding carboxylic acids is 1. The topological polar surface area (TPSA) is 66.5 Å². The summed E-state index contributed by atoms with van der Waals surface area (Å²) >= 11 is 1.22. The Hall–Kier alpha value is -0.920. The van der Waals surface area contributed by atoms with Crippen LogP contribution in [-0.2, 0) is 14.8 Å². The predicted octanol–water partition coefficient (Wildman–Crippen LogP) is 2.45. The highest BCUT2D eigenvalue weighted by Crippen LogP contribution is 2.20. The van der Waals surface area contributed by atoms with Crippen LogP contribution in [0.25, 0.3) is 0 Å². The molecule has 1 aliphatic rings. The van der Waals surface area contributed by atoms with Gasteiger partial charge in [-0.05, 0) is 30.7 Å². The fourth-order valence-corrected chi connectivity index (χ4v) is 5.09. The molecule has 1 unspecified atom stereocenters. The summed E-state index contributed by atoms with van der Waals surface area (Å²) in [6, 6.07) is 3.26. The Balaban J connectivity index is 1.86. The van der Waals surface area contributed by atoms with Gasteiger partial charge in [-0.2, -0.15) is 0 Å². The van der Waals surface area contributed by atoms with Crippen molar-refractivity contribution in [1.29, 1.82) is 0 Å². The van der Waals surface area contributed by atoms with Gasteiger partial charge in [-0.1, -0.05) is 26.3 Å². The second-order valence-electron chi connectivity index (χ2n) is 5.84. The monoisotopic (exact) mass is 344 g/mol. The fourth-order valence-electron chi connectivity index (χ4n) is 2.78. The van der Waals surface area contributed by atoms with E-state index >= 15 is 0 Å². The Bertz CT molecular complexity index is 576. The molecule has 7 heteroatoms. The molecule has 0 bridgehead atoms. The zero-order valence-corrected chi connectivity index (χ0v) is 14.8. The van der Waals surface area contributed by atoms with Crippen LogP contribution in [-0.4, -0.2) is 38.4 Å². The number of nitrogens with zero attached hydrogens (tertiary/aromatic N) is 1. The molecule has 1 aromatic heterocycles. The van der Waals surface area contributed by atoms with E-state index in [0.29, 0.717) is 30.1 Å². The van der Waals surface area contributed by atoms with Crippen LogP contribution >= 0.6 is 11.3 Å². The Morgan fingerprint density at radius 1 is 1.45 bits per heavy atom. The van der Waals surface area contributed by atoms with Crippen molar-refractivity contribution < 1.29 is 13.2 Å². The Morgan fingerprint density at radius 2 is 2.14 bits per heavy atom. The van der Waals surface area contributed by atoms with Gasteiger partial charge in [0.15, 0.2) is 0 Å². The third-order valence-corrected chi connectivity index (χ3v) is 6.95. The average Bonchev–Trinajstić information content (AvgIpc) is 3.02. The van der Waals surface area contributed by atoms with Crippen LogP contribution in [0.2, 0.25) is 0 Å². The fraction of sp³-hybridized carbons (Fsp3) is 0.667. The maximum Gasteiger partial charge on any atom is 0.250 e. The standard InChI is InChI=1S/C15H24N2O3S2/c1-3-5-12(2)15(18)17-9-7-13(8-10-17)16-22(19,20)14-6-4-11-21-14/h4,6,11-13,16H,3,5,7-10H2,1-2H3. The molecule has 0 spiro atoms. The molecule has 5 nitrogen and oxygen atoms in total. The van der Waals surface area contributed by atoms with Gasteiger partial charge in [0, 0.05) is 25.0 Å². The van der Waals surface area contributed by atoms with Gasteiger partial charge in [-0.15, -0.1) is 11.3 Å². The number of sulfonamides is 1. The molecule has 2 rings (SSSR count). The van der Waals surface area contributed by atoms with Crippen LogP contribution in [0.5, 0.6) is 0 Å². The minimum Gasteiger partial charge on any atom is -0.342 e. The maximum absolute atomic E-state index is 12.3. The molecule has 0 radical (unpaired) electrons. The Labute approximate surface area is 136 Å². The highest BCUT2D eigenvalue weighted by atomic mass is 32.2. The summed E-state index contributed by atoms with van der Waals surface area (Å²) in [7, 11) is -3.41. The first-order valence-electron chi connectivity index (χ1n) is 7.78. The predicted molar refractivity (Wildman–Crippen MR) is 88.3 cm³/mol. The lowest BCUT2D eigenvalue weighted by atomic mass is 10.0. The van der Waals surface area contributed by atoms with Crippen molar-refractivity contribution in [3.8, 4) is 0 Å². The summed E-state index contributed by atoms with van der Waals surface area (Å²) in [6.45, 7) is 5.31.